The fourth-order valence-electron chi connectivity index (χ4n) is 6.28. The lowest BCUT2D eigenvalue weighted by molar-refractivity contribution is 0.631. The second-order valence-corrected chi connectivity index (χ2v) is 11.4. The average molecular weight is 591 g/mol. The Hall–Kier alpha value is -6.26. The first-order chi connectivity index (χ1) is 22.8. The monoisotopic (exact) mass is 590 g/mol. The van der Waals surface area contributed by atoms with Gasteiger partial charge in [0.1, 0.15) is 22.5 Å². The highest BCUT2D eigenvalue weighted by molar-refractivity contribution is 6.09. The summed E-state index contributed by atoms with van der Waals surface area (Å²) in [5, 5.41) is 3.21. The Morgan fingerprint density at radius 1 is 0.391 bits per heavy atom. The minimum atomic E-state index is 0.612. The average Bonchev–Trinajstić information content (AvgIpc) is 3.74. The molecule has 0 saturated carbocycles. The second kappa shape index (κ2) is 10.7. The molecule has 46 heavy (non-hydrogen) atoms. The predicted octanol–water partition coefficient (Wildman–Crippen LogP) is 11.5. The Labute approximate surface area is 265 Å². The van der Waals surface area contributed by atoms with Gasteiger partial charge < -0.3 is 8.83 Å². The molecule has 9 aromatic rings. The summed E-state index contributed by atoms with van der Waals surface area (Å²) in [6.45, 7) is 0. The van der Waals surface area contributed by atoms with Crippen LogP contribution in [0.25, 0.3) is 89.3 Å². The van der Waals surface area contributed by atoms with E-state index in [2.05, 4.69) is 109 Å². The topological polar surface area (TPSA) is 52.1 Å². The van der Waals surface area contributed by atoms with Gasteiger partial charge in [0.05, 0.1) is 17.0 Å². The van der Waals surface area contributed by atoms with E-state index in [-0.39, 0.29) is 0 Å². The van der Waals surface area contributed by atoms with E-state index in [1.807, 2.05) is 48.5 Å². The van der Waals surface area contributed by atoms with E-state index >= 15 is 0 Å². The summed E-state index contributed by atoms with van der Waals surface area (Å²) in [5.74, 6) is 1.45. The lowest BCUT2D eigenvalue weighted by atomic mass is 9.96. The fourth-order valence-corrected chi connectivity index (χ4v) is 6.28. The smallest absolute Gasteiger partial charge is 0.164 e. The van der Waals surface area contributed by atoms with Crippen LogP contribution < -0.4 is 0 Å². The lowest BCUT2D eigenvalue weighted by Gasteiger charge is -2.13. The third-order valence-electron chi connectivity index (χ3n) is 8.55. The number of hydrogen-bond donors (Lipinski definition) is 0. The zero-order valence-corrected chi connectivity index (χ0v) is 24.7. The maximum atomic E-state index is 6.42. The molecular formula is C42H26N2O2. The van der Waals surface area contributed by atoms with Gasteiger partial charge in [0.15, 0.2) is 5.82 Å². The minimum Gasteiger partial charge on any atom is -0.456 e. The van der Waals surface area contributed by atoms with Crippen molar-refractivity contribution in [3.05, 3.63) is 158 Å². The van der Waals surface area contributed by atoms with Crippen LogP contribution in [0.5, 0.6) is 0 Å². The fraction of sp³-hybridized carbons (Fsp3) is 0. The van der Waals surface area contributed by atoms with Gasteiger partial charge in [-0.1, -0.05) is 127 Å². The van der Waals surface area contributed by atoms with Crippen molar-refractivity contribution in [1.82, 2.24) is 9.97 Å². The van der Waals surface area contributed by atoms with Crippen molar-refractivity contribution in [1.29, 1.82) is 0 Å². The van der Waals surface area contributed by atoms with Crippen LogP contribution in [-0.2, 0) is 0 Å². The van der Waals surface area contributed by atoms with Gasteiger partial charge in [0.25, 0.3) is 0 Å². The predicted molar refractivity (Wildman–Crippen MR) is 186 cm³/mol. The molecule has 9 rings (SSSR count). The summed E-state index contributed by atoms with van der Waals surface area (Å²) < 4.78 is 12.6. The zero-order chi connectivity index (χ0) is 30.5. The van der Waals surface area contributed by atoms with Gasteiger partial charge in [-0.25, -0.2) is 9.97 Å². The van der Waals surface area contributed by atoms with Crippen LogP contribution in [0.15, 0.2) is 167 Å². The molecule has 3 heterocycles. The van der Waals surface area contributed by atoms with Crippen molar-refractivity contribution in [3.8, 4) is 56.4 Å². The van der Waals surface area contributed by atoms with Gasteiger partial charge in [0, 0.05) is 32.8 Å². The quantitative estimate of drug-likeness (QED) is 0.200. The highest BCUT2D eigenvalue weighted by Crippen LogP contribution is 2.38. The van der Waals surface area contributed by atoms with Crippen LogP contribution in [-0.4, -0.2) is 9.97 Å². The van der Waals surface area contributed by atoms with E-state index < -0.39 is 0 Å². The number of aromatic nitrogens is 2. The second-order valence-electron chi connectivity index (χ2n) is 11.4. The molecule has 0 aliphatic heterocycles. The summed E-state index contributed by atoms with van der Waals surface area (Å²) in [6.07, 6.45) is 0. The molecule has 0 spiro atoms. The van der Waals surface area contributed by atoms with Gasteiger partial charge in [-0.15, -0.1) is 0 Å². The van der Waals surface area contributed by atoms with Crippen LogP contribution in [0.3, 0.4) is 0 Å². The Morgan fingerprint density at radius 3 is 1.89 bits per heavy atom. The third kappa shape index (κ3) is 4.47. The molecule has 0 fully saturated rings. The molecule has 0 N–H and O–H groups in total. The molecule has 4 heteroatoms. The van der Waals surface area contributed by atoms with Gasteiger partial charge >= 0.3 is 0 Å². The molecule has 6 aromatic carbocycles. The number of nitrogens with zero attached hydrogens (tertiary/aromatic N) is 2. The van der Waals surface area contributed by atoms with Gasteiger partial charge in [-0.05, 0) is 41.5 Å². The molecule has 0 saturated heterocycles. The zero-order valence-electron chi connectivity index (χ0n) is 24.7. The molecule has 0 amide bonds. The third-order valence-corrected chi connectivity index (χ3v) is 8.55. The van der Waals surface area contributed by atoms with Crippen LogP contribution in [0.1, 0.15) is 0 Å². The highest BCUT2D eigenvalue weighted by atomic mass is 16.3. The van der Waals surface area contributed by atoms with E-state index in [0.717, 1.165) is 83.4 Å². The van der Waals surface area contributed by atoms with Crippen LogP contribution in [0, 0.1) is 0 Å². The molecule has 0 aliphatic carbocycles. The molecule has 0 aliphatic rings. The van der Waals surface area contributed by atoms with E-state index in [1.165, 1.54) is 0 Å². The van der Waals surface area contributed by atoms with Gasteiger partial charge in [-0.2, -0.15) is 0 Å². The molecule has 0 unspecified atom stereocenters. The summed E-state index contributed by atoms with van der Waals surface area (Å²) in [6, 6.07) is 53.8. The Balaban J connectivity index is 1.23. The first-order valence-electron chi connectivity index (χ1n) is 15.3. The number of hydrogen-bond acceptors (Lipinski definition) is 4. The molecule has 0 atom stereocenters. The highest BCUT2D eigenvalue weighted by Gasteiger charge is 2.18. The van der Waals surface area contributed by atoms with E-state index in [9.17, 15) is 0 Å². The normalized spacial score (nSPS) is 11.5. The van der Waals surface area contributed by atoms with Crippen molar-refractivity contribution in [2.75, 3.05) is 0 Å². The number of benzene rings is 6. The van der Waals surface area contributed by atoms with Crippen molar-refractivity contribution >= 4 is 32.9 Å². The number of fused-ring (bicyclic) bond motifs is 4. The number of furan rings is 2. The van der Waals surface area contributed by atoms with Crippen LogP contribution in [0.4, 0.5) is 0 Å². The minimum absolute atomic E-state index is 0.612. The first-order valence-corrected chi connectivity index (χ1v) is 15.3. The maximum absolute atomic E-state index is 6.42. The maximum Gasteiger partial charge on any atom is 0.164 e. The summed E-state index contributed by atoms with van der Waals surface area (Å²) in [5.41, 5.74) is 10.3. The summed E-state index contributed by atoms with van der Waals surface area (Å²) >= 11 is 0. The largest absolute Gasteiger partial charge is 0.456 e. The number of para-hydroxylation sites is 3. The molecular weight excluding hydrogens is 564 g/mol. The molecule has 4 nitrogen and oxygen atoms in total. The summed E-state index contributed by atoms with van der Waals surface area (Å²) in [4.78, 5) is 10.4. The van der Waals surface area contributed by atoms with Crippen molar-refractivity contribution < 1.29 is 8.83 Å². The van der Waals surface area contributed by atoms with E-state index in [0.29, 0.717) is 5.82 Å². The van der Waals surface area contributed by atoms with Crippen molar-refractivity contribution in [2.45, 2.75) is 0 Å². The molecule has 3 aromatic heterocycles. The van der Waals surface area contributed by atoms with Crippen LogP contribution >= 0.6 is 0 Å². The standard InChI is InChI=1S/C42H26N2O2/c1-2-11-27(12-3-1)31-14-5-6-15-32(31)37-26-36(28-21-23-29(24-22-28)40-25-30-13-4-8-19-38(30)45-40)43-42(44-37)35-18-10-17-34-33-16-7-9-20-39(33)46-41(34)35/h1-26H. The molecule has 0 radical (unpaired) electrons. The van der Waals surface area contributed by atoms with E-state index in [1.54, 1.807) is 0 Å². The number of rotatable bonds is 5. The Kier molecular flexibility index (Phi) is 6.10. The van der Waals surface area contributed by atoms with Gasteiger partial charge in [-0.3, -0.25) is 0 Å². The van der Waals surface area contributed by atoms with Crippen molar-refractivity contribution in [3.63, 3.8) is 0 Å². The van der Waals surface area contributed by atoms with Crippen molar-refractivity contribution in [2.24, 2.45) is 0 Å². The Morgan fingerprint density at radius 2 is 1.04 bits per heavy atom. The Bertz CT molecular complexity index is 2490. The van der Waals surface area contributed by atoms with E-state index in [4.69, 9.17) is 18.8 Å². The summed E-state index contributed by atoms with van der Waals surface area (Å²) in [7, 11) is 0. The molecule has 0 bridgehead atoms. The first kappa shape index (κ1) is 26.2. The molecule has 216 valence electrons. The SMILES string of the molecule is c1ccc(-c2ccccc2-c2cc(-c3ccc(-c4cc5ccccc5o4)cc3)nc(-c3cccc4c3oc3ccccc34)n2)cc1. The van der Waals surface area contributed by atoms with Gasteiger partial charge in [0.2, 0.25) is 0 Å². The van der Waals surface area contributed by atoms with Crippen LogP contribution in [0.2, 0.25) is 0 Å². The lowest BCUT2D eigenvalue weighted by Crippen LogP contribution is -1.97.